The van der Waals surface area contributed by atoms with Crippen molar-refractivity contribution in [1.29, 1.82) is 0 Å². The number of carbonyl (C=O) groups is 1. The van der Waals surface area contributed by atoms with Gasteiger partial charge in [0.15, 0.2) is 0 Å². The normalized spacial score (nSPS) is 21.8. The van der Waals surface area contributed by atoms with Gasteiger partial charge in [-0.05, 0) is 37.8 Å². The molecule has 6 heteroatoms. The fourth-order valence-corrected chi connectivity index (χ4v) is 3.25. The Morgan fingerprint density at radius 3 is 2.70 bits per heavy atom. The molecule has 1 unspecified atom stereocenters. The lowest BCUT2D eigenvalue weighted by molar-refractivity contribution is -0.136. The Morgan fingerprint density at radius 1 is 1.35 bits per heavy atom. The second-order valence-electron chi connectivity index (χ2n) is 6.36. The standard InChI is InChI=1S/C17H24N2O3.ClH/c1-11-3-4-13-14(9-22-15(13)12(11)2)19-16(20)17(10-18)5-7-21-8-6-17;/h3-4,14H,5-10,18H2,1-2H3,(H,19,20);1H. The summed E-state index contributed by atoms with van der Waals surface area (Å²) in [7, 11) is 0. The Bertz CT molecular complexity index is 585. The van der Waals surface area contributed by atoms with Crippen molar-refractivity contribution in [3.8, 4) is 5.75 Å². The average Bonchev–Trinajstić information content (AvgIpc) is 2.95. The molecule has 128 valence electrons. The molecule has 1 amide bonds. The third-order valence-corrected chi connectivity index (χ3v) is 5.10. The number of amides is 1. The molecule has 0 saturated carbocycles. The van der Waals surface area contributed by atoms with Crippen LogP contribution in [0.3, 0.4) is 0 Å². The van der Waals surface area contributed by atoms with E-state index < -0.39 is 5.41 Å². The minimum Gasteiger partial charge on any atom is -0.490 e. The Kier molecular flexibility index (Phi) is 5.55. The van der Waals surface area contributed by atoms with Gasteiger partial charge in [0.05, 0.1) is 11.5 Å². The van der Waals surface area contributed by atoms with Crippen LogP contribution < -0.4 is 15.8 Å². The molecule has 2 aliphatic rings. The maximum Gasteiger partial charge on any atom is 0.228 e. The van der Waals surface area contributed by atoms with Crippen LogP contribution >= 0.6 is 12.4 Å². The SMILES string of the molecule is Cc1ccc2c(c1C)OCC2NC(=O)C1(CN)CCOCC1.Cl. The third-order valence-electron chi connectivity index (χ3n) is 5.10. The van der Waals surface area contributed by atoms with E-state index in [2.05, 4.69) is 31.3 Å². The van der Waals surface area contributed by atoms with Gasteiger partial charge < -0.3 is 20.5 Å². The van der Waals surface area contributed by atoms with E-state index in [1.807, 2.05) is 0 Å². The second kappa shape index (κ2) is 7.07. The van der Waals surface area contributed by atoms with Gasteiger partial charge in [-0.2, -0.15) is 0 Å². The lowest BCUT2D eigenvalue weighted by Gasteiger charge is -2.35. The van der Waals surface area contributed by atoms with Crippen LogP contribution in [0, 0.1) is 19.3 Å². The molecule has 0 bridgehead atoms. The highest BCUT2D eigenvalue weighted by atomic mass is 35.5. The Labute approximate surface area is 143 Å². The average molecular weight is 341 g/mol. The Morgan fingerprint density at radius 2 is 2.04 bits per heavy atom. The number of nitrogens with two attached hydrogens (primary N) is 1. The van der Waals surface area contributed by atoms with Gasteiger partial charge in [-0.15, -0.1) is 12.4 Å². The van der Waals surface area contributed by atoms with Gasteiger partial charge >= 0.3 is 0 Å². The van der Waals surface area contributed by atoms with Gasteiger partial charge in [-0.1, -0.05) is 12.1 Å². The molecule has 2 heterocycles. The summed E-state index contributed by atoms with van der Waals surface area (Å²) >= 11 is 0. The molecule has 0 aromatic heterocycles. The van der Waals surface area contributed by atoms with Crippen molar-refractivity contribution < 1.29 is 14.3 Å². The number of aryl methyl sites for hydroxylation is 1. The van der Waals surface area contributed by atoms with Crippen molar-refractivity contribution in [3.05, 3.63) is 28.8 Å². The topological polar surface area (TPSA) is 73.6 Å². The molecule has 2 aliphatic heterocycles. The maximum atomic E-state index is 12.8. The van der Waals surface area contributed by atoms with Gasteiger partial charge in [0.1, 0.15) is 12.4 Å². The van der Waals surface area contributed by atoms with E-state index in [0.29, 0.717) is 39.2 Å². The molecular formula is C17H25ClN2O3. The largest absolute Gasteiger partial charge is 0.490 e. The van der Waals surface area contributed by atoms with E-state index in [4.69, 9.17) is 15.2 Å². The minimum absolute atomic E-state index is 0. The zero-order valence-corrected chi connectivity index (χ0v) is 14.5. The molecule has 1 aromatic carbocycles. The van der Waals surface area contributed by atoms with E-state index in [1.54, 1.807) is 0 Å². The highest BCUT2D eigenvalue weighted by Gasteiger charge is 2.40. The number of hydrogen-bond acceptors (Lipinski definition) is 4. The number of ether oxygens (including phenoxy) is 2. The first-order valence-electron chi connectivity index (χ1n) is 7.89. The summed E-state index contributed by atoms with van der Waals surface area (Å²) < 4.78 is 11.2. The van der Waals surface area contributed by atoms with E-state index in [0.717, 1.165) is 16.9 Å². The van der Waals surface area contributed by atoms with E-state index in [1.165, 1.54) is 5.56 Å². The van der Waals surface area contributed by atoms with Crippen LogP contribution in [-0.2, 0) is 9.53 Å². The van der Waals surface area contributed by atoms with Crippen molar-refractivity contribution in [3.63, 3.8) is 0 Å². The van der Waals surface area contributed by atoms with Crippen molar-refractivity contribution in [1.82, 2.24) is 5.32 Å². The second-order valence-corrected chi connectivity index (χ2v) is 6.36. The Hall–Kier alpha value is -1.30. The van der Waals surface area contributed by atoms with Crippen LogP contribution in [-0.4, -0.2) is 32.3 Å². The van der Waals surface area contributed by atoms with Crippen molar-refractivity contribution >= 4 is 18.3 Å². The zero-order valence-electron chi connectivity index (χ0n) is 13.7. The Balaban J connectivity index is 0.00000192. The van der Waals surface area contributed by atoms with Crippen LogP contribution in [0.1, 0.15) is 35.6 Å². The molecule has 1 fully saturated rings. The van der Waals surface area contributed by atoms with Crippen LogP contribution in [0.5, 0.6) is 5.75 Å². The lowest BCUT2D eigenvalue weighted by Crippen LogP contribution is -2.50. The first-order valence-corrected chi connectivity index (χ1v) is 7.89. The first-order chi connectivity index (χ1) is 10.6. The van der Waals surface area contributed by atoms with Gasteiger partial charge in [0.25, 0.3) is 0 Å². The molecule has 0 radical (unpaired) electrons. The number of benzene rings is 1. The number of hydrogen-bond donors (Lipinski definition) is 2. The van der Waals surface area contributed by atoms with Crippen molar-refractivity contribution in [2.75, 3.05) is 26.4 Å². The summed E-state index contributed by atoms with van der Waals surface area (Å²) in [5.41, 5.74) is 8.82. The fourth-order valence-electron chi connectivity index (χ4n) is 3.25. The zero-order chi connectivity index (χ0) is 15.7. The number of nitrogens with one attached hydrogen (secondary N) is 1. The van der Waals surface area contributed by atoms with E-state index >= 15 is 0 Å². The first kappa shape index (κ1) is 18.0. The van der Waals surface area contributed by atoms with E-state index in [9.17, 15) is 4.79 Å². The third kappa shape index (κ3) is 3.18. The maximum absolute atomic E-state index is 12.8. The molecular weight excluding hydrogens is 316 g/mol. The smallest absolute Gasteiger partial charge is 0.228 e. The van der Waals surface area contributed by atoms with Crippen LogP contribution in [0.4, 0.5) is 0 Å². The van der Waals surface area contributed by atoms with Crippen molar-refractivity contribution in [2.45, 2.75) is 32.7 Å². The van der Waals surface area contributed by atoms with Crippen molar-refractivity contribution in [2.24, 2.45) is 11.1 Å². The number of halogens is 1. The van der Waals surface area contributed by atoms with Gasteiger partial charge in [-0.25, -0.2) is 0 Å². The van der Waals surface area contributed by atoms with Crippen LogP contribution in [0.15, 0.2) is 12.1 Å². The van der Waals surface area contributed by atoms with Gasteiger partial charge in [-0.3, -0.25) is 4.79 Å². The monoisotopic (exact) mass is 340 g/mol. The summed E-state index contributed by atoms with van der Waals surface area (Å²) in [6, 6.07) is 4.04. The fraction of sp³-hybridized carbons (Fsp3) is 0.588. The van der Waals surface area contributed by atoms with Gasteiger partial charge in [0.2, 0.25) is 5.91 Å². The molecule has 0 aliphatic carbocycles. The summed E-state index contributed by atoms with van der Waals surface area (Å²) in [4.78, 5) is 12.8. The highest BCUT2D eigenvalue weighted by Crippen LogP contribution is 2.38. The molecule has 1 aromatic rings. The van der Waals surface area contributed by atoms with Gasteiger partial charge in [0, 0.05) is 25.3 Å². The molecule has 1 saturated heterocycles. The summed E-state index contributed by atoms with van der Waals surface area (Å²) in [6.07, 6.45) is 1.37. The van der Waals surface area contributed by atoms with E-state index in [-0.39, 0.29) is 24.4 Å². The number of rotatable bonds is 3. The molecule has 1 atom stereocenters. The predicted octanol–water partition coefficient (Wildman–Crippen LogP) is 2.03. The molecule has 0 spiro atoms. The summed E-state index contributed by atoms with van der Waals surface area (Å²) in [5, 5.41) is 3.14. The summed E-state index contributed by atoms with van der Waals surface area (Å²) in [6.45, 7) is 6.16. The minimum atomic E-state index is -0.499. The number of carbonyl (C=O) groups excluding carboxylic acids is 1. The van der Waals surface area contributed by atoms with Crippen LogP contribution in [0.2, 0.25) is 0 Å². The predicted molar refractivity (Wildman–Crippen MR) is 91.1 cm³/mol. The molecule has 3 N–H and O–H groups in total. The summed E-state index contributed by atoms with van der Waals surface area (Å²) in [5.74, 6) is 0.942. The molecule has 23 heavy (non-hydrogen) atoms. The highest BCUT2D eigenvalue weighted by molar-refractivity contribution is 5.85. The lowest BCUT2D eigenvalue weighted by atomic mass is 9.79. The molecule has 3 rings (SSSR count). The molecule has 5 nitrogen and oxygen atoms in total. The quantitative estimate of drug-likeness (QED) is 0.883. The van der Waals surface area contributed by atoms with Crippen LogP contribution in [0.25, 0.3) is 0 Å². The number of fused-ring (bicyclic) bond motifs is 1.